The van der Waals surface area contributed by atoms with Crippen LogP contribution in [0.4, 0.5) is 10.1 Å². The van der Waals surface area contributed by atoms with E-state index in [1.807, 2.05) is 6.92 Å². The van der Waals surface area contributed by atoms with E-state index in [-0.39, 0.29) is 35.5 Å². The van der Waals surface area contributed by atoms with Gasteiger partial charge in [-0.3, -0.25) is 9.59 Å². The van der Waals surface area contributed by atoms with E-state index in [9.17, 15) is 14.0 Å². The third-order valence-electron chi connectivity index (χ3n) is 3.72. The van der Waals surface area contributed by atoms with Crippen molar-refractivity contribution in [3.05, 3.63) is 64.4 Å². The highest BCUT2D eigenvalue weighted by molar-refractivity contribution is 6.34. The molecule has 0 aliphatic rings. The number of anilines is 1. The average molecular weight is 378 g/mol. The van der Waals surface area contributed by atoms with Crippen molar-refractivity contribution in [2.45, 2.75) is 32.4 Å². The molecule has 7 heteroatoms. The first-order chi connectivity index (χ1) is 12.4. The molecule has 0 saturated heterocycles. The summed E-state index contributed by atoms with van der Waals surface area (Å²) >= 11 is 6.08. The molecule has 0 heterocycles. The fraction of sp³-hybridized carbons (Fsp3) is 0.263. The van der Waals surface area contributed by atoms with E-state index >= 15 is 0 Å². The molecule has 0 aliphatic heterocycles. The largest absolute Gasteiger partial charge is 0.348 e. The first-order valence-corrected chi connectivity index (χ1v) is 8.61. The Morgan fingerprint density at radius 3 is 2.65 bits per heavy atom. The van der Waals surface area contributed by atoms with Crippen molar-refractivity contribution >= 4 is 29.1 Å². The number of halogens is 2. The highest BCUT2D eigenvalue weighted by atomic mass is 35.5. The Hall–Kier alpha value is -2.44. The van der Waals surface area contributed by atoms with Gasteiger partial charge in [-0.2, -0.15) is 0 Å². The second-order valence-corrected chi connectivity index (χ2v) is 6.44. The van der Waals surface area contributed by atoms with Crippen molar-refractivity contribution < 1.29 is 14.0 Å². The van der Waals surface area contributed by atoms with Gasteiger partial charge in [0.1, 0.15) is 5.82 Å². The van der Waals surface area contributed by atoms with Crippen molar-refractivity contribution in [2.75, 3.05) is 5.32 Å². The zero-order chi connectivity index (χ0) is 19.1. The molecule has 0 aromatic heterocycles. The first kappa shape index (κ1) is 19.9. The molecule has 2 rings (SSSR count). The molecule has 26 heavy (non-hydrogen) atoms. The van der Waals surface area contributed by atoms with Crippen LogP contribution in [0.15, 0.2) is 42.5 Å². The Labute approximate surface area is 156 Å². The number of carbonyl (C=O) groups excluding carboxylic acids is 2. The maximum absolute atomic E-state index is 13.6. The van der Waals surface area contributed by atoms with Gasteiger partial charge < -0.3 is 16.4 Å². The number of hydrogen-bond acceptors (Lipinski definition) is 3. The van der Waals surface area contributed by atoms with Gasteiger partial charge in [-0.15, -0.1) is 0 Å². The van der Waals surface area contributed by atoms with Crippen LogP contribution in [0.25, 0.3) is 0 Å². The highest BCUT2D eigenvalue weighted by Gasteiger charge is 2.13. The van der Waals surface area contributed by atoms with Crippen molar-refractivity contribution in [3.63, 3.8) is 0 Å². The van der Waals surface area contributed by atoms with Crippen LogP contribution in [0.2, 0.25) is 5.02 Å². The minimum absolute atomic E-state index is 0.0345. The normalized spacial score (nSPS) is 11.7. The van der Waals surface area contributed by atoms with Crippen molar-refractivity contribution in [1.82, 2.24) is 5.32 Å². The maximum atomic E-state index is 13.6. The lowest BCUT2D eigenvalue weighted by Gasteiger charge is -2.11. The topological polar surface area (TPSA) is 84.2 Å². The van der Waals surface area contributed by atoms with Crippen molar-refractivity contribution in [3.8, 4) is 0 Å². The van der Waals surface area contributed by atoms with Gasteiger partial charge in [-0.1, -0.05) is 29.8 Å². The third kappa shape index (κ3) is 5.82. The molecule has 5 nitrogen and oxygen atoms in total. The Bertz CT molecular complexity index is 796. The van der Waals surface area contributed by atoms with Crippen LogP contribution in [-0.4, -0.2) is 17.9 Å². The molecule has 0 bridgehead atoms. The molecule has 2 amide bonds. The summed E-state index contributed by atoms with van der Waals surface area (Å²) in [5, 5.41) is 5.57. The Morgan fingerprint density at radius 1 is 1.23 bits per heavy atom. The van der Waals surface area contributed by atoms with E-state index in [0.717, 1.165) is 0 Å². The van der Waals surface area contributed by atoms with Gasteiger partial charge >= 0.3 is 0 Å². The van der Waals surface area contributed by atoms with Crippen LogP contribution in [0.1, 0.15) is 35.7 Å². The summed E-state index contributed by atoms with van der Waals surface area (Å²) in [5.41, 5.74) is 6.67. The quantitative estimate of drug-likeness (QED) is 0.690. The lowest BCUT2D eigenvalue weighted by Crippen LogP contribution is -2.24. The molecule has 1 atom stereocenters. The summed E-state index contributed by atoms with van der Waals surface area (Å²) in [6, 6.07) is 10.7. The van der Waals surface area contributed by atoms with Gasteiger partial charge in [0, 0.05) is 30.3 Å². The van der Waals surface area contributed by atoms with Crippen LogP contribution in [0.3, 0.4) is 0 Å². The van der Waals surface area contributed by atoms with Gasteiger partial charge in [0.15, 0.2) is 0 Å². The predicted molar refractivity (Wildman–Crippen MR) is 101 cm³/mol. The molecule has 0 fully saturated rings. The molecule has 138 valence electrons. The Morgan fingerprint density at radius 2 is 1.96 bits per heavy atom. The SMILES string of the molecule is CC(N)CCC(=O)Nc1ccc(Cl)c(C(=O)NCc2ccccc2F)c1. The van der Waals surface area contributed by atoms with E-state index in [4.69, 9.17) is 17.3 Å². The number of carbonyl (C=O) groups is 2. The standard InChI is InChI=1S/C19H21ClFN3O2/c1-12(22)6-9-18(25)24-14-7-8-16(20)15(10-14)19(26)23-11-13-4-2-3-5-17(13)21/h2-5,7-8,10,12H,6,9,11,22H2,1H3,(H,23,26)(H,24,25). The number of rotatable bonds is 7. The van der Waals surface area contributed by atoms with Crippen LogP contribution in [-0.2, 0) is 11.3 Å². The van der Waals surface area contributed by atoms with Gasteiger partial charge in [-0.25, -0.2) is 4.39 Å². The minimum Gasteiger partial charge on any atom is -0.348 e. The summed E-state index contributed by atoms with van der Waals surface area (Å²) in [6.07, 6.45) is 0.852. The molecule has 4 N–H and O–H groups in total. The lowest BCUT2D eigenvalue weighted by molar-refractivity contribution is -0.116. The van der Waals surface area contributed by atoms with Gasteiger partial charge in [0.05, 0.1) is 10.6 Å². The van der Waals surface area contributed by atoms with Crippen molar-refractivity contribution in [2.24, 2.45) is 5.73 Å². The Kier molecular flexibility index (Phi) is 7.12. The Balaban J connectivity index is 2.03. The summed E-state index contributed by atoms with van der Waals surface area (Å²) < 4.78 is 13.6. The van der Waals surface area contributed by atoms with E-state index in [1.54, 1.807) is 24.3 Å². The van der Waals surface area contributed by atoms with E-state index in [2.05, 4.69) is 10.6 Å². The predicted octanol–water partition coefficient (Wildman–Crippen LogP) is 3.48. The summed E-state index contributed by atoms with van der Waals surface area (Å²) in [7, 11) is 0. The van der Waals surface area contributed by atoms with Crippen LogP contribution >= 0.6 is 11.6 Å². The number of benzene rings is 2. The first-order valence-electron chi connectivity index (χ1n) is 8.23. The van der Waals surface area contributed by atoms with Crippen LogP contribution in [0, 0.1) is 5.82 Å². The number of amides is 2. The fourth-order valence-corrected chi connectivity index (χ4v) is 2.48. The summed E-state index contributed by atoms with van der Waals surface area (Å²) in [5.74, 6) is -1.04. The third-order valence-corrected chi connectivity index (χ3v) is 4.05. The molecule has 2 aromatic carbocycles. The average Bonchev–Trinajstić information content (AvgIpc) is 2.60. The van der Waals surface area contributed by atoms with Gasteiger partial charge in [0.2, 0.25) is 5.91 Å². The smallest absolute Gasteiger partial charge is 0.253 e. The molecule has 0 spiro atoms. The summed E-state index contributed by atoms with van der Waals surface area (Å²) in [6.45, 7) is 1.86. The molecule has 0 radical (unpaired) electrons. The lowest BCUT2D eigenvalue weighted by atomic mass is 10.1. The second-order valence-electron chi connectivity index (χ2n) is 6.03. The molecular formula is C19H21ClFN3O2. The maximum Gasteiger partial charge on any atom is 0.253 e. The molecule has 0 aliphatic carbocycles. The van der Waals surface area contributed by atoms with Crippen LogP contribution < -0.4 is 16.4 Å². The van der Waals surface area contributed by atoms with E-state index in [0.29, 0.717) is 17.7 Å². The second kappa shape index (κ2) is 9.31. The fourth-order valence-electron chi connectivity index (χ4n) is 2.27. The molecule has 2 aromatic rings. The van der Waals surface area contributed by atoms with Gasteiger partial charge in [-0.05, 0) is 37.6 Å². The van der Waals surface area contributed by atoms with Crippen LogP contribution in [0.5, 0.6) is 0 Å². The van der Waals surface area contributed by atoms with Crippen molar-refractivity contribution in [1.29, 1.82) is 0 Å². The van der Waals surface area contributed by atoms with Gasteiger partial charge in [0.25, 0.3) is 5.91 Å². The van der Waals surface area contributed by atoms with E-state index in [1.165, 1.54) is 18.2 Å². The molecule has 0 saturated carbocycles. The highest BCUT2D eigenvalue weighted by Crippen LogP contribution is 2.21. The monoisotopic (exact) mass is 377 g/mol. The molecular weight excluding hydrogens is 357 g/mol. The zero-order valence-electron chi connectivity index (χ0n) is 14.4. The molecule has 1 unspecified atom stereocenters. The van der Waals surface area contributed by atoms with E-state index < -0.39 is 11.7 Å². The number of nitrogens with one attached hydrogen (secondary N) is 2. The summed E-state index contributed by atoms with van der Waals surface area (Å²) in [4.78, 5) is 24.2. The minimum atomic E-state index is -0.454. The zero-order valence-corrected chi connectivity index (χ0v) is 15.1. The number of hydrogen-bond donors (Lipinski definition) is 3. The number of nitrogens with two attached hydrogens (primary N) is 1.